The van der Waals surface area contributed by atoms with Gasteiger partial charge >= 0.3 is 10.7 Å². The Morgan fingerprint density at radius 1 is 1.15 bits per heavy atom. The van der Waals surface area contributed by atoms with Gasteiger partial charge in [-0.2, -0.15) is 0 Å². The first-order valence-corrected chi connectivity index (χ1v) is 9.35. The fraction of sp³-hybridized carbons (Fsp3) is 0.118. The summed E-state index contributed by atoms with van der Waals surface area (Å²) in [7, 11) is 0. The zero-order valence-corrected chi connectivity index (χ0v) is 15.7. The van der Waals surface area contributed by atoms with Gasteiger partial charge in [0.05, 0.1) is 0 Å². The van der Waals surface area contributed by atoms with E-state index in [-0.39, 0.29) is 12.3 Å². The molecule has 134 valence electrons. The number of hydrogen-bond acceptors (Lipinski definition) is 4. The van der Waals surface area contributed by atoms with E-state index in [1.54, 1.807) is 22.9 Å². The zero-order chi connectivity index (χ0) is 18.5. The maximum absolute atomic E-state index is 12.1. The molecule has 0 unspecified atom stereocenters. The predicted molar refractivity (Wildman–Crippen MR) is 101 cm³/mol. The maximum atomic E-state index is 12.1. The third-order valence-electron chi connectivity index (χ3n) is 3.34. The number of amides is 1. The van der Waals surface area contributed by atoms with Crippen molar-refractivity contribution in [2.75, 3.05) is 11.1 Å². The number of nitrogens with zero attached hydrogens (tertiary/aromatic N) is 1. The highest BCUT2D eigenvalue weighted by molar-refractivity contribution is 7.99. The Kier molecular flexibility index (Phi) is 6.03. The first kappa shape index (κ1) is 18.6. The van der Waals surface area contributed by atoms with Crippen molar-refractivity contribution in [3.8, 4) is 5.69 Å². The molecule has 9 heteroatoms. The second kappa shape index (κ2) is 8.44. The summed E-state index contributed by atoms with van der Waals surface area (Å²) >= 11 is 13.0. The van der Waals surface area contributed by atoms with Crippen LogP contribution < -0.4 is 15.6 Å². The molecule has 26 heavy (non-hydrogen) atoms. The van der Waals surface area contributed by atoms with Crippen molar-refractivity contribution in [2.45, 2.75) is 11.4 Å². The fourth-order valence-electron chi connectivity index (χ4n) is 2.22. The molecule has 3 aromatic rings. The third kappa shape index (κ3) is 4.69. The minimum absolute atomic E-state index is 0.203. The van der Waals surface area contributed by atoms with Crippen molar-refractivity contribution in [2.24, 2.45) is 0 Å². The Bertz CT molecular complexity index is 953. The molecule has 0 saturated heterocycles. The van der Waals surface area contributed by atoms with Gasteiger partial charge in [0.25, 0.3) is 0 Å². The molecule has 3 rings (SSSR count). The summed E-state index contributed by atoms with van der Waals surface area (Å²) in [6.07, 6.45) is 0.203. The molecule has 0 radical (unpaired) electrons. The predicted octanol–water partition coefficient (Wildman–Crippen LogP) is 3.67. The molecule has 0 atom stereocenters. The standard InChI is InChI=1S/C17H13Cl2N3O3S/c18-11-8-12(19)10-13(9-11)20-15(23)6-7-26-16-17(24)25-21-22(16)14-4-2-1-3-5-14/h1-5,8-10H,6-7H2,(H-,20,21,23,24)/p+1. The van der Waals surface area contributed by atoms with Crippen molar-refractivity contribution >= 4 is 46.6 Å². The van der Waals surface area contributed by atoms with E-state index in [9.17, 15) is 9.59 Å². The Balaban J connectivity index is 1.61. The number of nitrogens with one attached hydrogen (secondary N) is 2. The number of carbonyl (C=O) groups is 1. The summed E-state index contributed by atoms with van der Waals surface area (Å²) in [6.45, 7) is 0. The van der Waals surface area contributed by atoms with Gasteiger partial charge < -0.3 is 5.32 Å². The van der Waals surface area contributed by atoms with Crippen LogP contribution in [0, 0.1) is 0 Å². The van der Waals surface area contributed by atoms with E-state index in [1.807, 2.05) is 30.3 Å². The van der Waals surface area contributed by atoms with Crippen LogP contribution in [0.4, 0.5) is 5.69 Å². The molecule has 0 bridgehead atoms. The van der Waals surface area contributed by atoms with Crippen molar-refractivity contribution in [3.63, 3.8) is 0 Å². The SMILES string of the molecule is O=C(CCSc1c(=O)o[nH][n+]1-c1ccccc1)Nc1cc(Cl)cc(Cl)c1. The molecule has 1 heterocycles. The summed E-state index contributed by atoms with van der Waals surface area (Å²) in [6, 6.07) is 14.1. The van der Waals surface area contributed by atoms with Crippen LogP contribution in [0.3, 0.4) is 0 Å². The molecule has 0 aliphatic carbocycles. The highest BCUT2D eigenvalue weighted by atomic mass is 35.5. The van der Waals surface area contributed by atoms with Crippen LogP contribution in [0.1, 0.15) is 6.42 Å². The first-order chi connectivity index (χ1) is 12.5. The minimum Gasteiger partial charge on any atom is -0.326 e. The van der Waals surface area contributed by atoms with Crippen molar-refractivity contribution in [1.29, 1.82) is 0 Å². The number of halogens is 2. The average molecular weight is 411 g/mol. The number of anilines is 1. The molecule has 2 N–H and O–H groups in total. The van der Waals surface area contributed by atoms with Crippen LogP contribution in [0.25, 0.3) is 5.69 Å². The summed E-state index contributed by atoms with van der Waals surface area (Å²) in [5.74, 6) is 0.192. The largest absolute Gasteiger partial charge is 0.442 e. The normalized spacial score (nSPS) is 10.7. The number of carbonyl (C=O) groups excluding carboxylic acids is 1. The molecule has 0 aliphatic rings. The Morgan fingerprint density at radius 3 is 2.54 bits per heavy atom. The number of H-pyrrole nitrogens is 1. The summed E-state index contributed by atoms with van der Waals surface area (Å²) in [4.78, 5) is 24.0. The number of rotatable bonds is 6. The molecule has 0 fully saturated rings. The van der Waals surface area contributed by atoms with Crippen molar-refractivity contribution in [1.82, 2.24) is 5.27 Å². The van der Waals surface area contributed by atoms with Gasteiger partial charge in [0, 0.05) is 40.0 Å². The van der Waals surface area contributed by atoms with Crippen molar-refractivity contribution in [3.05, 3.63) is 69.0 Å². The van der Waals surface area contributed by atoms with Gasteiger partial charge in [0.1, 0.15) is 0 Å². The highest BCUT2D eigenvalue weighted by Gasteiger charge is 2.23. The lowest BCUT2D eigenvalue weighted by atomic mass is 10.3. The van der Waals surface area contributed by atoms with Crippen LogP contribution in [-0.4, -0.2) is 16.9 Å². The van der Waals surface area contributed by atoms with E-state index >= 15 is 0 Å². The van der Waals surface area contributed by atoms with Crippen LogP contribution >= 0.6 is 35.0 Å². The van der Waals surface area contributed by atoms with Crippen LogP contribution in [-0.2, 0) is 4.79 Å². The van der Waals surface area contributed by atoms with Gasteiger partial charge in [-0.25, -0.2) is 4.79 Å². The first-order valence-electron chi connectivity index (χ1n) is 7.60. The Labute approximate surface area is 163 Å². The smallest absolute Gasteiger partial charge is 0.326 e. The number of aromatic amines is 1. The minimum atomic E-state index is -0.485. The molecule has 1 aromatic heterocycles. The summed E-state index contributed by atoms with van der Waals surface area (Å²) in [5.41, 5.74) is 0.803. The lowest BCUT2D eigenvalue weighted by Gasteiger charge is -2.05. The van der Waals surface area contributed by atoms with Crippen LogP contribution in [0.2, 0.25) is 10.0 Å². The Hall–Kier alpha value is -2.22. The summed E-state index contributed by atoms with van der Waals surface area (Å²) in [5, 5.41) is 6.54. The van der Waals surface area contributed by atoms with Crippen LogP contribution in [0.5, 0.6) is 0 Å². The molecule has 2 aromatic carbocycles. The van der Waals surface area contributed by atoms with E-state index in [0.717, 1.165) is 5.69 Å². The van der Waals surface area contributed by atoms with Crippen molar-refractivity contribution < 1.29 is 14.0 Å². The molecule has 1 amide bonds. The van der Waals surface area contributed by atoms with E-state index < -0.39 is 5.63 Å². The van der Waals surface area contributed by atoms with Gasteiger partial charge in [-0.1, -0.05) is 41.4 Å². The second-order valence-corrected chi connectivity index (χ2v) is 7.22. The number of para-hydroxylation sites is 1. The quantitative estimate of drug-likeness (QED) is 0.479. The van der Waals surface area contributed by atoms with Gasteiger partial charge in [0.2, 0.25) is 11.6 Å². The molecular weight excluding hydrogens is 397 g/mol. The monoisotopic (exact) mass is 410 g/mol. The second-order valence-electron chi connectivity index (χ2n) is 5.26. The van der Waals surface area contributed by atoms with E-state index in [1.165, 1.54) is 11.8 Å². The van der Waals surface area contributed by atoms with E-state index in [2.05, 4.69) is 10.6 Å². The molecule has 0 spiro atoms. The third-order valence-corrected chi connectivity index (χ3v) is 4.80. The van der Waals surface area contributed by atoms with Gasteiger partial charge in [0.15, 0.2) is 0 Å². The Morgan fingerprint density at radius 2 is 1.85 bits per heavy atom. The van der Waals surface area contributed by atoms with Gasteiger partial charge in [-0.15, -0.1) is 0 Å². The number of hydrogen-bond donors (Lipinski definition) is 2. The molecule has 0 saturated carbocycles. The summed E-state index contributed by atoms with van der Waals surface area (Å²) < 4.78 is 6.40. The average Bonchev–Trinajstić information content (AvgIpc) is 2.96. The van der Waals surface area contributed by atoms with E-state index in [0.29, 0.717) is 26.5 Å². The molecule has 0 aliphatic heterocycles. The number of thioether (sulfide) groups is 1. The highest BCUT2D eigenvalue weighted by Crippen LogP contribution is 2.22. The van der Waals surface area contributed by atoms with Gasteiger partial charge in [-0.05, 0) is 39.9 Å². The van der Waals surface area contributed by atoms with Crippen LogP contribution in [0.15, 0.2) is 62.9 Å². The maximum Gasteiger partial charge on any atom is 0.442 e. The topological polar surface area (TPSA) is 79.0 Å². The number of aromatic nitrogens is 2. The molecular formula is C17H14Cl2N3O3S+. The zero-order valence-electron chi connectivity index (χ0n) is 13.4. The number of benzene rings is 2. The van der Waals surface area contributed by atoms with Gasteiger partial charge in [-0.3, -0.25) is 9.32 Å². The fourth-order valence-corrected chi connectivity index (χ4v) is 3.66. The lowest BCUT2D eigenvalue weighted by Crippen LogP contribution is -2.36. The molecule has 6 nitrogen and oxygen atoms in total. The lowest BCUT2D eigenvalue weighted by molar-refractivity contribution is -0.704. The van der Waals surface area contributed by atoms with E-state index in [4.69, 9.17) is 27.7 Å².